The summed E-state index contributed by atoms with van der Waals surface area (Å²) in [7, 11) is 3.93. The third-order valence-corrected chi connectivity index (χ3v) is 7.98. The molecular weight excluding hydrogens is 546 g/mol. The van der Waals surface area contributed by atoms with Gasteiger partial charge in [0.05, 0.1) is 5.39 Å². The Morgan fingerprint density at radius 2 is 1.95 bits per heavy atom. The second-order valence-electron chi connectivity index (χ2n) is 11.3. The van der Waals surface area contributed by atoms with Crippen LogP contribution < -0.4 is 15.5 Å². The van der Waals surface area contributed by atoms with Crippen molar-refractivity contribution >= 4 is 34.5 Å². The zero-order valence-corrected chi connectivity index (χ0v) is 24.7. The van der Waals surface area contributed by atoms with E-state index in [1.807, 2.05) is 43.1 Å². The molecule has 3 aromatic heterocycles. The zero-order chi connectivity index (χ0) is 29.9. The molecule has 0 unspecified atom stereocenters. The lowest BCUT2D eigenvalue weighted by Gasteiger charge is -2.32. The summed E-state index contributed by atoms with van der Waals surface area (Å²) < 4.78 is 1.70. The number of benzene rings is 1. The normalized spacial score (nSPS) is 17.1. The first-order valence-electron chi connectivity index (χ1n) is 14.7. The molecule has 12 heteroatoms. The Balaban J connectivity index is 1.10. The maximum Gasteiger partial charge on any atom is 0.256 e. The number of hydrogen-bond donors (Lipinski definition) is 2. The van der Waals surface area contributed by atoms with Gasteiger partial charge in [0.1, 0.15) is 0 Å². The molecule has 2 amide bonds. The number of hydrogen-bond acceptors (Lipinski definition) is 8. The van der Waals surface area contributed by atoms with Gasteiger partial charge in [0.2, 0.25) is 11.6 Å². The van der Waals surface area contributed by atoms with Crippen LogP contribution in [0.15, 0.2) is 60.8 Å². The number of likely N-dealkylation sites (N-methyl/N-ethyl adjacent to an activating group) is 1. The van der Waals surface area contributed by atoms with Crippen molar-refractivity contribution in [3.8, 4) is 5.75 Å². The molecule has 1 atom stereocenters. The highest BCUT2D eigenvalue weighted by Crippen LogP contribution is 2.26. The highest BCUT2D eigenvalue weighted by Gasteiger charge is 2.26. The number of anilines is 2. The molecule has 2 N–H and O–H groups in total. The smallest absolute Gasteiger partial charge is 0.256 e. The molecule has 1 aliphatic carbocycles. The Labute approximate surface area is 250 Å². The molecular formula is C31H37N9O3. The summed E-state index contributed by atoms with van der Waals surface area (Å²) in [6.07, 6.45) is 9.70. The third kappa shape index (κ3) is 6.69. The fourth-order valence-corrected chi connectivity index (χ4v) is 5.25. The summed E-state index contributed by atoms with van der Waals surface area (Å²) >= 11 is 0. The number of piperidine rings is 1. The van der Waals surface area contributed by atoms with Crippen molar-refractivity contribution < 1.29 is 14.4 Å². The summed E-state index contributed by atoms with van der Waals surface area (Å²) in [6, 6.07) is 13.1. The number of pyridine rings is 1. The minimum atomic E-state index is -0.261. The lowest BCUT2D eigenvalue weighted by Crippen LogP contribution is -2.44. The van der Waals surface area contributed by atoms with E-state index in [9.17, 15) is 9.59 Å². The summed E-state index contributed by atoms with van der Waals surface area (Å²) in [6.45, 7) is 4.06. The second-order valence-corrected chi connectivity index (χ2v) is 11.3. The summed E-state index contributed by atoms with van der Waals surface area (Å²) in [5, 5.41) is 16.1. The first kappa shape index (κ1) is 28.4. The molecule has 4 aromatic rings. The number of aromatic nitrogens is 5. The molecule has 6 rings (SSSR count). The Morgan fingerprint density at radius 1 is 1.14 bits per heavy atom. The number of carbonyl (C=O) groups excluding carboxylic acids is 2. The van der Waals surface area contributed by atoms with Crippen molar-refractivity contribution in [3.05, 3.63) is 72.1 Å². The van der Waals surface area contributed by atoms with Crippen molar-refractivity contribution in [2.75, 3.05) is 37.3 Å². The average molecular weight is 584 g/mol. The van der Waals surface area contributed by atoms with Crippen molar-refractivity contribution in [3.63, 3.8) is 0 Å². The maximum absolute atomic E-state index is 12.9. The Morgan fingerprint density at radius 3 is 2.70 bits per heavy atom. The Bertz CT molecular complexity index is 1620. The van der Waals surface area contributed by atoms with E-state index >= 15 is 0 Å². The molecule has 1 aliphatic heterocycles. The van der Waals surface area contributed by atoms with Gasteiger partial charge in [-0.2, -0.15) is 5.10 Å². The van der Waals surface area contributed by atoms with Gasteiger partial charge >= 0.3 is 0 Å². The Hall–Kier alpha value is -4.71. The molecule has 1 saturated carbocycles. The predicted octanol–water partition coefficient (Wildman–Crippen LogP) is 3.62. The topological polar surface area (TPSA) is 122 Å². The number of likely N-dealkylation sites (tertiary alicyclic amines) is 1. The van der Waals surface area contributed by atoms with Crippen LogP contribution in [0.25, 0.3) is 11.0 Å². The molecule has 1 saturated heterocycles. The van der Waals surface area contributed by atoms with Gasteiger partial charge in [0, 0.05) is 68.4 Å². The first-order chi connectivity index (χ1) is 20.8. The van der Waals surface area contributed by atoms with Crippen LogP contribution in [-0.4, -0.2) is 85.1 Å². The summed E-state index contributed by atoms with van der Waals surface area (Å²) in [4.78, 5) is 41.7. The van der Waals surface area contributed by atoms with Crippen molar-refractivity contribution in [1.82, 2.24) is 34.5 Å². The number of aryl methyl sites for hydroxylation is 2. The quantitative estimate of drug-likeness (QED) is 0.272. The van der Waals surface area contributed by atoms with Crippen molar-refractivity contribution in [2.45, 2.75) is 44.7 Å². The second kappa shape index (κ2) is 12.3. The molecule has 2 aliphatic rings. The van der Waals surface area contributed by atoms with Gasteiger partial charge < -0.3 is 20.4 Å². The molecule has 1 aromatic carbocycles. The van der Waals surface area contributed by atoms with E-state index in [4.69, 9.17) is 4.84 Å². The standard InChI is InChI=1S/C31H37N9O3/c1-21-19-27(35-38(21)3)34-31(42)22-10-14-25(15-11-22)43-40-30-26(8-4-16-32-30)29(36-40)33-23-7-5-18-39(20-23)28(41)9-6-17-37(2)24-12-13-24/h4,6,8-11,14-16,19,23-24H,5,7,12-13,17-18,20H2,1-3H3,(H,33,36)(H,34,35,42)/b9-6+/t23-/m1/s1. The lowest BCUT2D eigenvalue weighted by molar-refractivity contribution is -0.127. The van der Waals surface area contributed by atoms with Crippen LogP contribution in [0.3, 0.4) is 0 Å². The summed E-state index contributed by atoms with van der Waals surface area (Å²) in [5.41, 5.74) is 1.98. The van der Waals surface area contributed by atoms with Gasteiger partial charge in [-0.3, -0.25) is 19.2 Å². The fraction of sp³-hybridized carbons (Fsp3) is 0.387. The largest absolute Gasteiger partial charge is 0.363 e. The van der Waals surface area contributed by atoms with E-state index in [0.717, 1.165) is 37.0 Å². The van der Waals surface area contributed by atoms with Crippen LogP contribution in [0.2, 0.25) is 0 Å². The average Bonchev–Trinajstić information content (AvgIpc) is 3.75. The van der Waals surface area contributed by atoms with Gasteiger partial charge in [0.15, 0.2) is 17.4 Å². The highest BCUT2D eigenvalue weighted by atomic mass is 16.7. The van der Waals surface area contributed by atoms with E-state index in [2.05, 4.69) is 37.8 Å². The van der Waals surface area contributed by atoms with Crippen molar-refractivity contribution in [2.24, 2.45) is 7.05 Å². The first-order valence-corrected chi connectivity index (χ1v) is 14.7. The highest BCUT2D eigenvalue weighted by molar-refractivity contribution is 6.03. The van der Waals surface area contributed by atoms with Gasteiger partial charge in [-0.25, -0.2) is 4.98 Å². The van der Waals surface area contributed by atoms with Crippen molar-refractivity contribution in [1.29, 1.82) is 0 Å². The predicted molar refractivity (Wildman–Crippen MR) is 164 cm³/mol. The zero-order valence-electron chi connectivity index (χ0n) is 24.7. The summed E-state index contributed by atoms with van der Waals surface area (Å²) in [5.74, 6) is 1.43. The SMILES string of the molecule is Cc1cc(NC(=O)c2ccc(On3nc(N[C@@H]4CCCN(C(=O)/C=C/CN(C)C5CC5)C4)c4cccnc43)cc2)nn1C. The van der Waals surface area contributed by atoms with E-state index in [0.29, 0.717) is 41.2 Å². The van der Waals surface area contributed by atoms with E-state index in [1.165, 1.54) is 17.7 Å². The number of nitrogens with zero attached hydrogens (tertiary/aromatic N) is 7. The minimum Gasteiger partial charge on any atom is -0.363 e. The molecule has 2 fully saturated rings. The van der Waals surface area contributed by atoms with Gasteiger partial charge in [0.25, 0.3) is 5.91 Å². The van der Waals surface area contributed by atoms with E-state index in [-0.39, 0.29) is 17.9 Å². The van der Waals surface area contributed by atoms with E-state index in [1.54, 1.807) is 41.2 Å². The van der Waals surface area contributed by atoms with Gasteiger partial charge in [-0.05, 0) is 76.1 Å². The molecule has 0 radical (unpaired) electrons. The fourth-order valence-electron chi connectivity index (χ4n) is 5.25. The van der Waals surface area contributed by atoms with E-state index < -0.39 is 0 Å². The maximum atomic E-state index is 12.9. The van der Waals surface area contributed by atoms with Gasteiger partial charge in [-0.1, -0.05) is 10.9 Å². The molecule has 0 bridgehead atoms. The number of amides is 2. The molecule has 43 heavy (non-hydrogen) atoms. The third-order valence-electron chi connectivity index (χ3n) is 7.98. The van der Waals surface area contributed by atoms with Crippen LogP contribution in [0.4, 0.5) is 11.6 Å². The number of rotatable bonds is 10. The van der Waals surface area contributed by atoms with Crippen LogP contribution in [0.1, 0.15) is 41.7 Å². The monoisotopic (exact) mass is 583 g/mol. The lowest BCUT2D eigenvalue weighted by atomic mass is 10.1. The molecule has 4 heterocycles. The molecule has 224 valence electrons. The molecule has 0 spiro atoms. The van der Waals surface area contributed by atoms with Crippen LogP contribution in [0.5, 0.6) is 5.75 Å². The Kier molecular flexibility index (Phi) is 8.10. The number of fused-ring (bicyclic) bond motifs is 1. The van der Waals surface area contributed by atoms with Crippen LogP contribution in [-0.2, 0) is 11.8 Å². The van der Waals surface area contributed by atoms with Crippen LogP contribution >= 0.6 is 0 Å². The number of nitrogens with one attached hydrogen (secondary N) is 2. The van der Waals surface area contributed by atoms with Gasteiger partial charge in [-0.15, -0.1) is 5.10 Å². The number of carbonyl (C=O) groups is 2. The minimum absolute atomic E-state index is 0.0448. The van der Waals surface area contributed by atoms with Crippen LogP contribution in [0, 0.1) is 6.92 Å². The molecule has 12 nitrogen and oxygen atoms in total.